The van der Waals surface area contributed by atoms with Crippen molar-refractivity contribution in [2.24, 2.45) is 0 Å². The number of rotatable bonds is 7. The molecule has 2 N–H and O–H groups in total. The summed E-state index contributed by atoms with van der Waals surface area (Å²) < 4.78 is 16.3. The van der Waals surface area contributed by atoms with Crippen molar-refractivity contribution in [1.29, 1.82) is 0 Å². The summed E-state index contributed by atoms with van der Waals surface area (Å²) in [4.78, 5) is 35.4. The number of amides is 2. The van der Waals surface area contributed by atoms with Crippen LogP contribution in [0.15, 0.2) is 30.3 Å². The number of ether oxygens (including phenoxy) is 3. The monoisotopic (exact) mass is 534 g/mol. The van der Waals surface area contributed by atoms with Gasteiger partial charge in [-0.15, -0.1) is 0 Å². The van der Waals surface area contributed by atoms with Gasteiger partial charge in [-0.1, -0.05) is 0 Å². The van der Waals surface area contributed by atoms with Crippen LogP contribution in [0.1, 0.15) is 31.1 Å². The van der Waals surface area contributed by atoms with E-state index in [1.165, 1.54) is 0 Å². The molecule has 1 fully saturated rings. The maximum atomic E-state index is 11.9. The van der Waals surface area contributed by atoms with Crippen LogP contribution in [0.4, 0.5) is 22.1 Å². The van der Waals surface area contributed by atoms with E-state index >= 15 is 0 Å². The molecular weight excluding hydrogens is 500 g/mol. The Labute approximate surface area is 227 Å². The zero-order valence-corrected chi connectivity index (χ0v) is 22.7. The molecule has 1 atom stereocenters. The van der Waals surface area contributed by atoms with Crippen molar-refractivity contribution in [3.05, 3.63) is 41.6 Å². The standard InChI is InChI=1S/C27H34N8O4/c1-5-28-26(36)29-19-8-6-18(7-9-19)24-32-23-17(2)35(21-16-22(37-3)31-27(30-21)38-4)11-10-20(23)25(33-24)34-12-14-39-15-13-34/h6-9,16-17H,5,10-15H2,1-4H3,(H2,28,29,36). The van der Waals surface area contributed by atoms with Crippen LogP contribution in [0.2, 0.25) is 0 Å². The Bertz CT molecular complexity index is 1290. The molecule has 39 heavy (non-hydrogen) atoms. The minimum Gasteiger partial charge on any atom is -0.481 e. The van der Waals surface area contributed by atoms with Gasteiger partial charge >= 0.3 is 12.0 Å². The first-order valence-corrected chi connectivity index (χ1v) is 13.1. The minimum atomic E-state index is -0.239. The average Bonchev–Trinajstić information content (AvgIpc) is 2.97. The van der Waals surface area contributed by atoms with Crippen molar-refractivity contribution in [2.45, 2.75) is 26.3 Å². The highest BCUT2D eigenvalue weighted by molar-refractivity contribution is 5.89. The van der Waals surface area contributed by atoms with Crippen LogP contribution < -0.4 is 29.9 Å². The first-order chi connectivity index (χ1) is 19.0. The third-order valence-electron chi connectivity index (χ3n) is 6.89. The molecule has 2 aromatic heterocycles. The molecular formula is C27H34N8O4. The predicted octanol–water partition coefficient (Wildman–Crippen LogP) is 3.05. The lowest BCUT2D eigenvalue weighted by atomic mass is 9.98. The van der Waals surface area contributed by atoms with Crippen LogP contribution in [-0.2, 0) is 11.2 Å². The molecule has 1 unspecified atom stereocenters. The Balaban J connectivity index is 1.53. The number of methoxy groups -OCH3 is 2. The van der Waals surface area contributed by atoms with Gasteiger partial charge in [0.2, 0.25) is 5.88 Å². The lowest BCUT2D eigenvalue weighted by Crippen LogP contribution is -2.40. The smallest absolute Gasteiger partial charge is 0.321 e. The van der Waals surface area contributed by atoms with Crippen molar-refractivity contribution in [3.8, 4) is 23.3 Å². The third kappa shape index (κ3) is 5.65. The molecule has 12 heteroatoms. The lowest BCUT2D eigenvalue weighted by Gasteiger charge is -2.38. The number of nitrogens with one attached hydrogen (secondary N) is 2. The molecule has 2 aliphatic heterocycles. The van der Waals surface area contributed by atoms with Crippen LogP contribution >= 0.6 is 0 Å². The number of hydrogen-bond acceptors (Lipinski definition) is 10. The Morgan fingerprint density at radius 3 is 2.51 bits per heavy atom. The van der Waals surface area contributed by atoms with Gasteiger partial charge in [-0.2, -0.15) is 9.97 Å². The number of urea groups is 1. The van der Waals surface area contributed by atoms with Crippen molar-refractivity contribution >= 4 is 23.4 Å². The number of carbonyl (C=O) groups excluding carboxylic acids is 1. The van der Waals surface area contributed by atoms with Gasteiger partial charge < -0.3 is 34.6 Å². The molecule has 12 nitrogen and oxygen atoms in total. The fourth-order valence-corrected chi connectivity index (χ4v) is 4.90. The maximum Gasteiger partial charge on any atom is 0.321 e. The molecule has 206 valence electrons. The number of morpholine rings is 1. The number of carbonyl (C=O) groups is 1. The van der Waals surface area contributed by atoms with E-state index in [9.17, 15) is 4.79 Å². The molecule has 1 saturated heterocycles. The summed E-state index contributed by atoms with van der Waals surface area (Å²) in [7, 11) is 3.12. The normalized spacial score (nSPS) is 16.9. The summed E-state index contributed by atoms with van der Waals surface area (Å²) in [5.41, 5.74) is 3.66. The Morgan fingerprint density at radius 2 is 1.82 bits per heavy atom. The second kappa shape index (κ2) is 11.7. The summed E-state index contributed by atoms with van der Waals surface area (Å²) in [5, 5.41) is 5.57. The van der Waals surface area contributed by atoms with E-state index < -0.39 is 0 Å². The van der Waals surface area contributed by atoms with Gasteiger partial charge in [-0.05, 0) is 44.5 Å². The summed E-state index contributed by atoms with van der Waals surface area (Å²) in [5.74, 6) is 2.73. The molecule has 2 amide bonds. The van der Waals surface area contributed by atoms with Gasteiger partial charge in [0.1, 0.15) is 11.6 Å². The number of fused-ring (bicyclic) bond motifs is 1. The van der Waals surface area contributed by atoms with Crippen LogP contribution in [0.25, 0.3) is 11.4 Å². The number of anilines is 3. The van der Waals surface area contributed by atoms with Gasteiger partial charge in [0.25, 0.3) is 0 Å². The van der Waals surface area contributed by atoms with E-state index in [4.69, 9.17) is 24.2 Å². The highest BCUT2D eigenvalue weighted by Crippen LogP contribution is 2.38. The van der Waals surface area contributed by atoms with Crippen LogP contribution in [0.5, 0.6) is 11.9 Å². The van der Waals surface area contributed by atoms with Crippen molar-refractivity contribution in [1.82, 2.24) is 25.3 Å². The second-order valence-electron chi connectivity index (χ2n) is 9.27. The van der Waals surface area contributed by atoms with E-state index in [1.54, 1.807) is 14.2 Å². The quantitative estimate of drug-likeness (QED) is 0.467. The SMILES string of the molecule is CCNC(=O)Nc1ccc(-c2nc3c(c(N4CCOCC4)n2)CCN(c2cc(OC)nc(OC)n2)C3C)cc1. The van der Waals surface area contributed by atoms with Gasteiger partial charge in [-0.25, -0.2) is 14.8 Å². The fraction of sp³-hybridized carbons (Fsp3) is 0.444. The fourth-order valence-electron chi connectivity index (χ4n) is 4.90. The summed E-state index contributed by atoms with van der Waals surface area (Å²) in [6.07, 6.45) is 0.761. The van der Waals surface area contributed by atoms with E-state index in [0.717, 1.165) is 48.7 Å². The Kier molecular flexibility index (Phi) is 7.92. The Morgan fingerprint density at radius 1 is 1.05 bits per heavy atom. The highest BCUT2D eigenvalue weighted by atomic mass is 16.5. The summed E-state index contributed by atoms with van der Waals surface area (Å²) in [6.45, 7) is 8.17. The van der Waals surface area contributed by atoms with Gasteiger partial charge in [0.15, 0.2) is 5.82 Å². The molecule has 4 heterocycles. The number of aromatic nitrogens is 4. The minimum absolute atomic E-state index is 0.0849. The molecule has 5 rings (SSSR count). The molecule has 0 saturated carbocycles. The summed E-state index contributed by atoms with van der Waals surface area (Å²) >= 11 is 0. The second-order valence-corrected chi connectivity index (χ2v) is 9.27. The zero-order chi connectivity index (χ0) is 27.4. The third-order valence-corrected chi connectivity index (χ3v) is 6.89. The number of nitrogens with zero attached hydrogens (tertiary/aromatic N) is 6. The number of hydrogen-bond donors (Lipinski definition) is 2. The molecule has 2 aliphatic rings. The van der Waals surface area contributed by atoms with Crippen LogP contribution in [0.3, 0.4) is 0 Å². The molecule has 0 aliphatic carbocycles. The lowest BCUT2D eigenvalue weighted by molar-refractivity contribution is 0.122. The highest BCUT2D eigenvalue weighted by Gasteiger charge is 2.32. The maximum absolute atomic E-state index is 11.9. The van der Waals surface area contributed by atoms with Crippen molar-refractivity contribution in [3.63, 3.8) is 0 Å². The van der Waals surface area contributed by atoms with E-state index in [0.29, 0.717) is 43.0 Å². The number of benzene rings is 1. The van der Waals surface area contributed by atoms with Crippen LogP contribution in [0, 0.1) is 0 Å². The summed E-state index contributed by atoms with van der Waals surface area (Å²) in [6, 6.07) is 9.31. The molecule has 0 spiro atoms. The molecule has 3 aromatic rings. The van der Waals surface area contributed by atoms with E-state index in [1.807, 2.05) is 37.3 Å². The molecule has 1 aromatic carbocycles. The van der Waals surface area contributed by atoms with E-state index in [-0.39, 0.29) is 18.1 Å². The topological polar surface area (TPSA) is 127 Å². The largest absolute Gasteiger partial charge is 0.481 e. The first-order valence-electron chi connectivity index (χ1n) is 13.1. The zero-order valence-electron chi connectivity index (χ0n) is 22.7. The average molecular weight is 535 g/mol. The predicted molar refractivity (Wildman–Crippen MR) is 148 cm³/mol. The first kappa shape index (κ1) is 26.4. The van der Waals surface area contributed by atoms with Gasteiger partial charge in [-0.3, -0.25) is 0 Å². The molecule has 0 bridgehead atoms. The van der Waals surface area contributed by atoms with Gasteiger partial charge in [0.05, 0.1) is 39.2 Å². The van der Waals surface area contributed by atoms with E-state index in [2.05, 4.69) is 37.3 Å². The van der Waals surface area contributed by atoms with Crippen LogP contribution in [-0.4, -0.2) is 79.6 Å². The van der Waals surface area contributed by atoms with Crippen molar-refractivity contribution < 1.29 is 19.0 Å². The molecule has 0 radical (unpaired) electrons. The Hall–Kier alpha value is -4.19. The van der Waals surface area contributed by atoms with Gasteiger partial charge in [0, 0.05) is 49.1 Å². The van der Waals surface area contributed by atoms with Crippen molar-refractivity contribution in [2.75, 3.05) is 68.7 Å².